The topological polar surface area (TPSA) is 47.0 Å². The molecule has 0 amide bonds. The molecule has 1 aromatic heterocycles. The molecule has 0 aliphatic carbocycles. The Labute approximate surface area is 121 Å². The van der Waals surface area contributed by atoms with Gasteiger partial charge in [-0.1, -0.05) is 48.0 Å². The number of rotatable bonds is 3. The Balaban J connectivity index is 2.08. The molecule has 3 aromatic rings. The van der Waals surface area contributed by atoms with Gasteiger partial charge in [0.1, 0.15) is 6.33 Å². The van der Waals surface area contributed by atoms with E-state index in [0.717, 1.165) is 16.5 Å². The van der Waals surface area contributed by atoms with E-state index < -0.39 is 0 Å². The van der Waals surface area contributed by atoms with Crippen LogP contribution in [0.2, 0.25) is 5.15 Å². The third-order valence-electron chi connectivity index (χ3n) is 3.01. The minimum Gasteiger partial charge on any atom is -0.490 e. The molecule has 0 aliphatic heterocycles. The first kappa shape index (κ1) is 12.7. The van der Waals surface area contributed by atoms with Crippen LogP contribution in [-0.4, -0.2) is 17.1 Å². The monoisotopic (exact) mass is 285 g/mol. The molecule has 0 fully saturated rings. The van der Waals surface area contributed by atoms with E-state index in [9.17, 15) is 0 Å². The number of nitrogens with one attached hydrogen (secondary N) is 1. The van der Waals surface area contributed by atoms with Crippen molar-refractivity contribution >= 4 is 33.9 Å². The van der Waals surface area contributed by atoms with Crippen LogP contribution < -0.4 is 10.1 Å². The SMILES string of the molecule is COc1c(Cl)ncnc1Nc1cccc2ccccc12. The van der Waals surface area contributed by atoms with E-state index in [1.807, 2.05) is 30.3 Å². The third kappa shape index (κ3) is 2.26. The fourth-order valence-electron chi connectivity index (χ4n) is 2.08. The number of hydrogen-bond acceptors (Lipinski definition) is 4. The molecule has 0 saturated carbocycles. The minimum absolute atomic E-state index is 0.283. The summed E-state index contributed by atoms with van der Waals surface area (Å²) in [5.41, 5.74) is 0.941. The lowest BCUT2D eigenvalue weighted by Crippen LogP contribution is -1.99. The predicted molar refractivity (Wildman–Crippen MR) is 80.8 cm³/mol. The maximum atomic E-state index is 6.00. The van der Waals surface area contributed by atoms with Gasteiger partial charge >= 0.3 is 0 Å². The fraction of sp³-hybridized carbons (Fsp3) is 0.0667. The van der Waals surface area contributed by atoms with E-state index in [1.165, 1.54) is 6.33 Å². The first-order valence-electron chi connectivity index (χ1n) is 6.09. The van der Waals surface area contributed by atoms with E-state index >= 15 is 0 Å². The Hall–Kier alpha value is -2.33. The summed E-state index contributed by atoms with van der Waals surface area (Å²) in [4.78, 5) is 8.08. The van der Waals surface area contributed by atoms with Crippen molar-refractivity contribution in [2.45, 2.75) is 0 Å². The summed E-state index contributed by atoms with van der Waals surface area (Å²) in [5, 5.41) is 5.78. The summed E-state index contributed by atoms with van der Waals surface area (Å²) in [7, 11) is 1.54. The quantitative estimate of drug-likeness (QED) is 0.738. The van der Waals surface area contributed by atoms with Crippen LogP contribution in [0.15, 0.2) is 48.8 Å². The van der Waals surface area contributed by atoms with E-state index in [2.05, 4.69) is 27.4 Å². The van der Waals surface area contributed by atoms with Crippen molar-refractivity contribution in [2.75, 3.05) is 12.4 Å². The smallest absolute Gasteiger partial charge is 0.199 e. The number of nitrogens with zero attached hydrogens (tertiary/aromatic N) is 2. The zero-order valence-corrected chi connectivity index (χ0v) is 11.6. The largest absolute Gasteiger partial charge is 0.490 e. The maximum Gasteiger partial charge on any atom is 0.199 e. The van der Waals surface area contributed by atoms with Crippen molar-refractivity contribution in [3.8, 4) is 5.75 Å². The van der Waals surface area contributed by atoms with Crippen molar-refractivity contribution in [3.63, 3.8) is 0 Å². The highest BCUT2D eigenvalue weighted by atomic mass is 35.5. The Bertz CT molecular complexity index is 756. The highest BCUT2D eigenvalue weighted by Gasteiger charge is 2.11. The summed E-state index contributed by atoms with van der Waals surface area (Å²) in [6.45, 7) is 0. The average Bonchev–Trinajstić information content (AvgIpc) is 2.48. The average molecular weight is 286 g/mol. The molecule has 3 rings (SSSR count). The van der Waals surface area contributed by atoms with Gasteiger partial charge in [-0.15, -0.1) is 0 Å². The Kier molecular flexibility index (Phi) is 3.39. The molecular formula is C15H12ClN3O. The van der Waals surface area contributed by atoms with Crippen molar-refractivity contribution in [1.82, 2.24) is 9.97 Å². The Morgan fingerprint density at radius 3 is 2.70 bits per heavy atom. The zero-order valence-electron chi connectivity index (χ0n) is 10.8. The summed E-state index contributed by atoms with van der Waals surface area (Å²) < 4.78 is 5.24. The molecule has 4 nitrogen and oxygen atoms in total. The number of hydrogen-bond donors (Lipinski definition) is 1. The number of aromatic nitrogens is 2. The zero-order chi connectivity index (χ0) is 13.9. The first-order valence-corrected chi connectivity index (χ1v) is 6.46. The molecule has 100 valence electrons. The molecule has 2 aromatic carbocycles. The lowest BCUT2D eigenvalue weighted by molar-refractivity contribution is 0.413. The van der Waals surface area contributed by atoms with E-state index in [0.29, 0.717) is 11.6 Å². The van der Waals surface area contributed by atoms with Crippen molar-refractivity contribution in [2.24, 2.45) is 0 Å². The summed E-state index contributed by atoms with van der Waals surface area (Å²) >= 11 is 6.00. The maximum absolute atomic E-state index is 6.00. The Morgan fingerprint density at radius 1 is 1.05 bits per heavy atom. The van der Waals surface area contributed by atoms with Crippen LogP contribution in [0.4, 0.5) is 11.5 Å². The lowest BCUT2D eigenvalue weighted by atomic mass is 10.1. The number of fused-ring (bicyclic) bond motifs is 1. The summed E-state index contributed by atoms with van der Waals surface area (Å²) in [5.74, 6) is 0.978. The van der Waals surface area contributed by atoms with Gasteiger partial charge in [0, 0.05) is 11.1 Å². The second kappa shape index (κ2) is 5.35. The van der Waals surface area contributed by atoms with Crippen LogP contribution >= 0.6 is 11.6 Å². The second-order valence-corrected chi connectivity index (χ2v) is 4.56. The molecule has 0 aliphatic rings. The number of anilines is 2. The molecule has 5 heteroatoms. The normalized spacial score (nSPS) is 10.5. The third-order valence-corrected chi connectivity index (χ3v) is 3.28. The number of ether oxygens (including phenoxy) is 1. The van der Waals surface area contributed by atoms with E-state index in [4.69, 9.17) is 16.3 Å². The molecule has 1 N–H and O–H groups in total. The van der Waals surface area contributed by atoms with Crippen LogP contribution in [-0.2, 0) is 0 Å². The highest BCUT2D eigenvalue weighted by Crippen LogP contribution is 2.33. The molecule has 0 bridgehead atoms. The second-order valence-electron chi connectivity index (χ2n) is 4.20. The standard InChI is InChI=1S/C15H12ClN3O/c1-20-13-14(16)17-9-18-15(13)19-12-8-4-6-10-5-2-3-7-11(10)12/h2-9H,1H3,(H,17,18,19). The molecule has 0 unspecified atom stereocenters. The van der Waals surface area contributed by atoms with E-state index in [1.54, 1.807) is 7.11 Å². The van der Waals surface area contributed by atoms with Gasteiger partial charge in [0.2, 0.25) is 0 Å². The number of benzene rings is 2. The van der Waals surface area contributed by atoms with Gasteiger partial charge in [-0.05, 0) is 11.5 Å². The van der Waals surface area contributed by atoms with Gasteiger partial charge in [0.25, 0.3) is 0 Å². The lowest BCUT2D eigenvalue weighted by Gasteiger charge is -2.12. The van der Waals surface area contributed by atoms with E-state index in [-0.39, 0.29) is 5.15 Å². The van der Waals surface area contributed by atoms with Crippen molar-refractivity contribution in [3.05, 3.63) is 53.9 Å². The molecule has 20 heavy (non-hydrogen) atoms. The predicted octanol–water partition coefficient (Wildman–Crippen LogP) is 4.04. The van der Waals surface area contributed by atoms with Gasteiger partial charge in [-0.2, -0.15) is 0 Å². The van der Waals surface area contributed by atoms with Gasteiger partial charge < -0.3 is 10.1 Å². The van der Waals surface area contributed by atoms with Gasteiger partial charge in [-0.25, -0.2) is 9.97 Å². The fourth-order valence-corrected chi connectivity index (χ4v) is 2.29. The Morgan fingerprint density at radius 2 is 1.85 bits per heavy atom. The first-order chi connectivity index (χ1) is 9.79. The van der Waals surface area contributed by atoms with Crippen LogP contribution in [0.3, 0.4) is 0 Å². The van der Waals surface area contributed by atoms with Crippen molar-refractivity contribution in [1.29, 1.82) is 0 Å². The van der Waals surface area contributed by atoms with Crippen LogP contribution in [0.1, 0.15) is 0 Å². The molecule has 0 spiro atoms. The van der Waals surface area contributed by atoms with Crippen molar-refractivity contribution < 1.29 is 4.74 Å². The molecule has 0 atom stereocenters. The van der Waals surface area contributed by atoms with Crippen LogP contribution in [0, 0.1) is 0 Å². The minimum atomic E-state index is 0.283. The molecule has 1 heterocycles. The van der Waals surface area contributed by atoms with Gasteiger partial charge in [-0.3, -0.25) is 0 Å². The molecule has 0 saturated heterocycles. The molecule has 0 radical (unpaired) electrons. The van der Waals surface area contributed by atoms with Crippen LogP contribution in [0.5, 0.6) is 5.75 Å². The number of halogens is 1. The molecular weight excluding hydrogens is 274 g/mol. The van der Waals surface area contributed by atoms with Gasteiger partial charge in [0.15, 0.2) is 16.7 Å². The van der Waals surface area contributed by atoms with Crippen LogP contribution in [0.25, 0.3) is 10.8 Å². The van der Waals surface area contributed by atoms with Gasteiger partial charge in [0.05, 0.1) is 7.11 Å². The highest BCUT2D eigenvalue weighted by molar-refractivity contribution is 6.31. The summed E-state index contributed by atoms with van der Waals surface area (Å²) in [6.07, 6.45) is 1.40. The number of methoxy groups -OCH3 is 1. The summed E-state index contributed by atoms with van der Waals surface area (Å²) in [6, 6.07) is 14.1.